The first-order valence-electron chi connectivity index (χ1n) is 8.04. The molecule has 21 heavy (non-hydrogen) atoms. The van der Waals surface area contributed by atoms with Crippen molar-refractivity contribution in [1.29, 1.82) is 0 Å². The Labute approximate surface area is 127 Å². The summed E-state index contributed by atoms with van der Waals surface area (Å²) in [7, 11) is 0. The molecule has 0 saturated heterocycles. The molecule has 1 atom stereocenters. The normalized spacial score (nSPS) is 18.6. The molecule has 1 aliphatic carbocycles. The zero-order valence-corrected chi connectivity index (χ0v) is 12.9. The van der Waals surface area contributed by atoms with Crippen LogP contribution in [0.3, 0.4) is 0 Å². The van der Waals surface area contributed by atoms with Crippen LogP contribution >= 0.6 is 0 Å². The van der Waals surface area contributed by atoms with Gasteiger partial charge in [0.1, 0.15) is 0 Å². The zero-order chi connectivity index (χ0) is 15.1. The molecule has 1 unspecified atom stereocenters. The lowest BCUT2D eigenvalue weighted by Crippen LogP contribution is -2.36. The second-order valence-corrected chi connectivity index (χ2v) is 5.98. The van der Waals surface area contributed by atoms with Gasteiger partial charge in [0.05, 0.1) is 0 Å². The first-order valence-corrected chi connectivity index (χ1v) is 8.04. The van der Waals surface area contributed by atoms with Crippen LogP contribution in [0.25, 0.3) is 0 Å². The molecular formula is C17H27N3O. The number of amidine groups is 1. The third-order valence-electron chi connectivity index (χ3n) is 4.56. The Bertz CT molecular complexity index is 467. The monoisotopic (exact) mass is 289 g/mol. The summed E-state index contributed by atoms with van der Waals surface area (Å²) in [6.45, 7) is 3.10. The van der Waals surface area contributed by atoms with Crippen LogP contribution in [0.1, 0.15) is 56.6 Å². The molecule has 1 saturated carbocycles. The van der Waals surface area contributed by atoms with Gasteiger partial charge in [-0.2, -0.15) is 0 Å². The first-order chi connectivity index (χ1) is 10.2. The van der Waals surface area contributed by atoms with Crippen molar-refractivity contribution in [2.45, 2.75) is 58.0 Å². The molecule has 1 fully saturated rings. The maximum absolute atomic E-state index is 8.75. The molecule has 0 bridgehead atoms. The smallest absolute Gasteiger partial charge is 0.170 e. The van der Waals surface area contributed by atoms with Crippen LogP contribution in [0, 0.1) is 5.92 Å². The molecule has 0 amide bonds. The van der Waals surface area contributed by atoms with E-state index in [4.69, 9.17) is 10.9 Å². The summed E-state index contributed by atoms with van der Waals surface area (Å²) < 4.78 is 0. The second-order valence-electron chi connectivity index (χ2n) is 5.98. The number of hydrogen-bond donors (Lipinski definition) is 3. The first kappa shape index (κ1) is 15.8. The fourth-order valence-corrected chi connectivity index (χ4v) is 3.33. The van der Waals surface area contributed by atoms with E-state index in [1.807, 2.05) is 18.2 Å². The molecule has 4 nitrogen and oxygen atoms in total. The molecule has 116 valence electrons. The lowest BCUT2D eigenvalue weighted by molar-refractivity contribution is 0.262. The molecular weight excluding hydrogens is 262 g/mol. The standard InChI is InChI=1S/C17H27N3O/c1-2-16(14-8-4-3-5-9-14)19-12-13-7-6-10-15(11-13)17(18)20-21/h6-7,10-11,14,16,19,21H,2-5,8-9,12H2,1H3,(H2,18,20). The van der Waals surface area contributed by atoms with Gasteiger partial charge in [-0.15, -0.1) is 0 Å². The molecule has 4 heteroatoms. The van der Waals surface area contributed by atoms with Crippen LogP contribution in [0.5, 0.6) is 0 Å². The molecule has 0 spiro atoms. The number of oxime groups is 1. The number of nitrogens with two attached hydrogens (primary N) is 1. The predicted molar refractivity (Wildman–Crippen MR) is 86.4 cm³/mol. The maximum Gasteiger partial charge on any atom is 0.170 e. The van der Waals surface area contributed by atoms with E-state index in [0.717, 1.165) is 18.0 Å². The topological polar surface area (TPSA) is 70.6 Å². The molecule has 4 N–H and O–H groups in total. The number of nitrogens with one attached hydrogen (secondary N) is 1. The van der Waals surface area contributed by atoms with Crippen molar-refractivity contribution in [2.75, 3.05) is 0 Å². The van der Waals surface area contributed by atoms with E-state index in [1.54, 1.807) is 0 Å². The van der Waals surface area contributed by atoms with Gasteiger partial charge in [0, 0.05) is 18.2 Å². The summed E-state index contributed by atoms with van der Waals surface area (Å²) in [5, 5.41) is 15.5. The third kappa shape index (κ3) is 4.46. The number of hydrogen-bond acceptors (Lipinski definition) is 3. The summed E-state index contributed by atoms with van der Waals surface area (Å²) in [5.74, 6) is 0.979. The van der Waals surface area contributed by atoms with Crippen LogP contribution in [0.2, 0.25) is 0 Å². The molecule has 2 rings (SSSR count). The Hall–Kier alpha value is -1.55. The average Bonchev–Trinajstić information content (AvgIpc) is 2.56. The van der Waals surface area contributed by atoms with E-state index >= 15 is 0 Å². The zero-order valence-electron chi connectivity index (χ0n) is 12.9. The molecule has 0 heterocycles. The van der Waals surface area contributed by atoms with Crippen molar-refractivity contribution in [3.63, 3.8) is 0 Å². The Morgan fingerprint density at radius 3 is 2.81 bits per heavy atom. The van der Waals surface area contributed by atoms with Gasteiger partial charge in [-0.1, -0.05) is 49.5 Å². The highest BCUT2D eigenvalue weighted by atomic mass is 16.4. The van der Waals surface area contributed by atoms with Crippen LogP contribution in [-0.2, 0) is 6.54 Å². The summed E-state index contributed by atoms with van der Waals surface area (Å²) in [5.41, 5.74) is 7.58. The summed E-state index contributed by atoms with van der Waals surface area (Å²) in [6, 6.07) is 8.46. The predicted octanol–water partition coefficient (Wildman–Crippen LogP) is 3.23. The lowest BCUT2D eigenvalue weighted by Gasteiger charge is -2.30. The maximum atomic E-state index is 8.75. The van der Waals surface area contributed by atoms with Crippen LogP contribution in [-0.4, -0.2) is 17.1 Å². The molecule has 0 aliphatic heterocycles. The Balaban J connectivity index is 1.94. The van der Waals surface area contributed by atoms with Gasteiger partial charge in [0.15, 0.2) is 5.84 Å². The van der Waals surface area contributed by atoms with Crippen molar-refractivity contribution >= 4 is 5.84 Å². The summed E-state index contributed by atoms with van der Waals surface area (Å²) >= 11 is 0. The van der Waals surface area contributed by atoms with Crippen molar-refractivity contribution in [1.82, 2.24) is 5.32 Å². The Kier molecular flexibility index (Phi) is 6.05. The van der Waals surface area contributed by atoms with E-state index in [0.29, 0.717) is 6.04 Å². The molecule has 1 aromatic carbocycles. The van der Waals surface area contributed by atoms with E-state index in [9.17, 15) is 0 Å². The fraction of sp³-hybridized carbons (Fsp3) is 0.588. The Morgan fingerprint density at radius 2 is 2.14 bits per heavy atom. The van der Waals surface area contributed by atoms with Crippen molar-refractivity contribution in [3.8, 4) is 0 Å². The van der Waals surface area contributed by atoms with Crippen molar-refractivity contribution in [3.05, 3.63) is 35.4 Å². The van der Waals surface area contributed by atoms with Crippen LogP contribution < -0.4 is 11.1 Å². The van der Waals surface area contributed by atoms with Gasteiger partial charge in [-0.3, -0.25) is 0 Å². The van der Waals surface area contributed by atoms with Gasteiger partial charge in [0.2, 0.25) is 0 Å². The minimum Gasteiger partial charge on any atom is -0.409 e. The van der Waals surface area contributed by atoms with Gasteiger partial charge in [-0.25, -0.2) is 0 Å². The molecule has 0 aromatic heterocycles. The minimum atomic E-state index is 0.163. The highest BCUT2D eigenvalue weighted by Crippen LogP contribution is 2.27. The highest BCUT2D eigenvalue weighted by molar-refractivity contribution is 5.97. The van der Waals surface area contributed by atoms with E-state index < -0.39 is 0 Å². The van der Waals surface area contributed by atoms with Gasteiger partial charge >= 0.3 is 0 Å². The Morgan fingerprint density at radius 1 is 1.38 bits per heavy atom. The lowest BCUT2D eigenvalue weighted by atomic mass is 9.83. The molecule has 1 aliphatic rings. The number of rotatable bonds is 6. The van der Waals surface area contributed by atoms with Crippen molar-refractivity contribution < 1.29 is 5.21 Å². The number of benzene rings is 1. The molecule has 0 radical (unpaired) electrons. The van der Waals surface area contributed by atoms with E-state index in [1.165, 1.54) is 44.1 Å². The van der Waals surface area contributed by atoms with Crippen LogP contribution in [0.4, 0.5) is 0 Å². The quantitative estimate of drug-likeness (QED) is 0.326. The van der Waals surface area contributed by atoms with Crippen molar-refractivity contribution in [2.24, 2.45) is 16.8 Å². The van der Waals surface area contributed by atoms with E-state index in [2.05, 4.69) is 23.5 Å². The van der Waals surface area contributed by atoms with Gasteiger partial charge < -0.3 is 16.3 Å². The minimum absolute atomic E-state index is 0.163. The van der Waals surface area contributed by atoms with Crippen LogP contribution in [0.15, 0.2) is 29.4 Å². The summed E-state index contributed by atoms with van der Waals surface area (Å²) in [4.78, 5) is 0. The summed E-state index contributed by atoms with van der Waals surface area (Å²) in [6.07, 6.45) is 8.04. The highest BCUT2D eigenvalue weighted by Gasteiger charge is 2.21. The largest absolute Gasteiger partial charge is 0.409 e. The SMILES string of the molecule is CCC(NCc1cccc(C(N)=NO)c1)C1CCCCC1. The average molecular weight is 289 g/mol. The number of nitrogens with zero attached hydrogens (tertiary/aromatic N) is 1. The van der Waals surface area contributed by atoms with Gasteiger partial charge in [-0.05, 0) is 36.8 Å². The van der Waals surface area contributed by atoms with E-state index in [-0.39, 0.29) is 5.84 Å². The van der Waals surface area contributed by atoms with Gasteiger partial charge in [0.25, 0.3) is 0 Å². The third-order valence-corrected chi connectivity index (χ3v) is 4.56. The fourth-order valence-electron chi connectivity index (χ4n) is 3.33. The molecule has 1 aromatic rings. The second kappa shape index (κ2) is 8.03.